The van der Waals surface area contributed by atoms with E-state index >= 15 is 0 Å². The van der Waals surface area contributed by atoms with Crippen LogP contribution in [0, 0.1) is 0 Å². The van der Waals surface area contributed by atoms with Crippen molar-refractivity contribution in [1.82, 2.24) is 14.7 Å². The minimum atomic E-state index is -0.171. The van der Waals surface area contributed by atoms with E-state index < -0.39 is 0 Å². The van der Waals surface area contributed by atoms with Gasteiger partial charge in [0.25, 0.3) is 11.5 Å². The zero-order valence-electron chi connectivity index (χ0n) is 13.8. The van der Waals surface area contributed by atoms with Crippen molar-refractivity contribution >= 4 is 39.1 Å². The summed E-state index contributed by atoms with van der Waals surface area (Å²) in [6.45, 7) is 2.67. The third-order valence-electron chi connectivity index (χ3n) is 4.27. The Kier molecular flexibility index (Phi) is 5.44. The SMILES string of the molecule is Cn1ncc(N2CCCN(C(=O)c3ccc(Cl)cc3)CC2)c(Br)c1=O. The van der Waals surface area contributed by atoms with Crippen molar-refractivity contribution in [3.8, 4) is 0 Å². The van der Waals surface area contributed by atoms with Crippen molar-refractivity contribution in [3.05, 3.63) is 55.9 Å². The lowest BCUT2D eigenvalue weighted by Crippen LogP contribution is -2.36. The summed E-state index contributed by atoms with van der Waals surface area (Å²) in [5.41, 5.74) is 1.23. The van der Waals surface area contributed by atoms with Gasteiger partial charge in [-0.05, 0) is 46.6 Å². The van der Waals surface area contributed by atoms with Crippen LogP contribution in [0.25, 0.3) is 0 Å². The first-order chi connectivity index (χ1) is 12.0. The van der Waals surface area contributed by atoms with Crippen LogP contribution in [0.15, 0.2) is 39.7 Å². The molecule has 2 heterocycles. The average molecular weight is 426 g/mol. The Hall–Kier alpha value is -1.86. The number of aryl methyl sites for hydroxylation is 1. The highest BCUT2D eigenvalue weighted by molar-refractivity contribution is 9.10. The summed E-state index contributed by atoms with van der Waals surface area (Å²) in [5, 5.41) is 4.71. The highest BCUT2D eigenvalue weighted by Crippen LogP contribution is 2.23. The van der Waals surface area contributed by atoms with E-state index in [9.17, 15) is 9.59 Å². The number of amides is 1. The highest BCUT2D eigenvalue weighted by Gasteiger charge is 2.22. The van der Waals surface area contributed by atoms with Crippen molar-refractivity contribution in [1.29, 1.82) is 0 Å². The predicted octanol–water partition coefficient (Wildman–Crippen LogP) is 2.55. The van der Waals surface area contributed by atoms with Crippen molar-refractivity contribution in [2.75, 3.05) is 31.1 Å². The Balaban J connectivity index is 1.74. The van der Waals surface area contributed by atoms with Crippen molar-refractivity contribution < 1.29 is 4.79 Å². The van der Waals surface area contributed by atoms with Crippen LogP contribution in [-0.2, 0) is 7.05 Å². The predicted molar refractivity (Wildman–Crippen MR) is 101 cm³/mol. The van der Waals surface area contributed by atoms with E-state index in [1.807, 2.05) is 4.90 Å². The minimum absolute atomic E-state index is 0.000294. The molecule has 0 unspecified atom stereocenters. The van der Waals surface area contributed by atoms with Gasteiger partial charge in [-0.2, -0.15) is 5.10 Å². The van der Waals surface area contributed by atoms with Crippen LogP contribution >= 0.6 is 27.5 Å². The third-order valence-corrected chi connectivity index (χ3v) is 5.27. The largest absolute Gasteiger partial charge is 0.367 e. The normalized spacial score (nSPS) is 15.2. The fraction of sp³-hybridized carbons (Fsp3) is 0.353. The fourth-order valence-corrected chi connectivity index (χ4v) is 3.59. The molecule has 0 saturated carbocycles. The van der Waals surface area contributed by atoms with Gasteiger partial charge in [0.1, 0.15) is 4.47 Å². The van der Waals surface area contributed by atoms with Crippen LogP contribution in [-0.4, -0.2) is 46.8 Å². The first-order valence-corrected chi connectivity index (χ1v) is 9.16. The lowest BCUT2D eigenvalue weighted by molar-refractivity contribution is 0.0767. The smallest absolute Gasteiger partial charge is 0.282 e. The Bertz CT molecular complexity index is 838. The number of anilines is 1. The molecule has 132 valence electrons. The van der Waals surface area contributed by atoms with Crippen LogP contribution in [0.3, 0.4) is 0 Å². The van der Waals surface area contributed by atoms with Gasteiger partial charge in [0, 0.05) is 43.8 Å². The molecular formula is C17H18BrClN4O2. The molecule has 0 N–H and O–H groups in total. The molecular weight excluding hydrogens is 408 g/mol. The van der Waals surface area contributed by atoms with Crippen LogP contribution in [0.5, 0.6) is 0 Å². The number of rotatable bonds is 2. The standard InChI is InChI=1S/C17H18BrClN4O2/c1-21-17(25)15(18)14(11-20-21)22-7-2-8-23(10-9-22)16(24)12-3-5-13(19)6-4-12/h3-6,11H,2,7-10H2,1H3. The zero-order chi connectivity index (χ0) is 18.0. The second-order valence-corrected chi connectivity index (χ2v) is 7.14. The summed E-state index contributed by atoms with van der Waals surface area (Å²) in [4.78, 5) is 28.6. The lowest BCUT2D eigenvalue weighted by atomic mass is 10.2. The van der Waals surface area contributed by atoms with Crippen LogP contribution in [0.4, 0.5) is 5.69 Å². The maximum absolute atomic E-state index is 12.7. The Morgan fingerprint density at radius 1 is 1.16 bits per heavy atom. The monoisotopic (exact) mass is 424 g/mol. The van der Waals surface area contributed by atoms with Crippen LogP contribution in [0.2, 0.25) is 5.02 Å². The molecule has 1 saturated heterocycles. The summed E-state index contributed by atoms with van der Waals surface area (Å²) in [7, 11) is 1.62. The van der Waals surface area contributed by atoms with E-state index in [4.69, 9.17) is 11.6 Å². The molecule has 0 atom stereocenters. The number of carbonyl (C=O) groups is 1. The molecule has 1 aromatic heterocycles. The third kappa shape index (κ3) is 3.88. The molecule has 3 rings (SSSR count). The van der Waals surface area contributed by atoms with E-state index in [2.05, 4.69) is 25.9 Å². The highest BCUT2D eigenvalue weighted by atomic mass is 79.9. The van der Waals surface area contributed by atoms with Gasteiger partial charge in [0.05, 0.1) is 11.9 Å². The number of carbonyl (C=O) groups excluding carboxylic acids is 1. The molecule has 1 aliphatic rings. The van der Waals surface area contributed by atoms with Crippen LogP contribution < -0.4 is 10.5 Å². The first-order valence-electron chi connectivity index (χ1n) is 7.99. The number of nitrogens with zero attached hydrogens (tertiary/aromatic N) is 4. The quantitative estimate of drug-likeness (QED) is 0.742. The molecule has 0 aliphatic carbocycles. The van der Waals surface area contributed by atoms with E-state index in [-0.39, 0.29) is 11.5 Å². The van der Waals surface area contributed by atoms with Gasteiger partial charge < -0.3 is 9.80 Å². The summed E-state index contributed by atoms with van der Waals surface area (Å²) in [6.07, 6.45) is 2.50. The molecule has 0 radical (unpaired) electrons. The Morgan fingerprint density at radius 2 is 1.88 bits per heavy atom. The maximum atomic E-state index is 12.7. The van der Waals surface area contributed by atoms with Crippen LogP contribution in [0.1, 0.15) is 16.8 Å². The van der Waals surface area contributed by atoms with E-state index in [0.717, 1.165) is 18.7 Å². The number of benzene rings is 1. The van der Waals surface area contributed by atoms with Gasteiger partial charge in [0.15, 0.2) is 0 Å². The summed E-state index contributed by atoms with van der Waals surface area (Å²) in [6, 6.07) is 6.94. The van der Waals surface area contributed by atoms with Crippen molar-refractivity contribution in [2.45, 2.75) is 6.42 Å². The minimum Gasteiger partial charge on any atom is -0.367 e. The number of hydrogen-bond donors (Lipinski definition) is 0. The number of aromatic nitrogens is 2. The van der Waals surface area contributed by atoms with E-state index in [1.165, 1.54) is 4.68 Å². The zero-order valence-corrected chi connectivity index (χ0v) is 16.1. The number of hydrogen-bond acceptors (Lipinski definition) is 4. The van der Waals surface area contributed by atoms with E-state index in [0.29, 0.717) is 34.7 Å². The molecule has 8 heteroatoms. The van der Waals surface area contributed by atoms with Gasteiger partial charge in [-0.25, -0.2) is 4.68 Å². The van der Waals surface area contributed by atoms with Gasteiger partial charge >= 0.3 is 0 Å². The maximum Gasteiger partial charge on any atom is 0.282 e. The molecule has 25 heavy (non-hydrogen) atoms. The molecule has 0 spiro atoms. The van der Waals surface area contributed by atoms with Gasteiger partial charge in [0.2, 0.25) is 0 Å². The second-order valence-electron chi connectivity index (χ2n) is 5.91. The summed E-state index contributed by atoms with van der Waals surface area (Å²) < 4.78 is 1.80. The Morgan fingerprint density at radius 3 is 2.60 bits per heavy atom. The first kappa shape index (κ1) is 17.9. The molecule has 0 bridgehead atoms. The second kappa shape index (κ2) is 7.58. The van der Waals surface area contributed by atoms with Crippen molar-refractivity contribution in [2.24, 2.45) is 7.05 Å². The molecule has 6 nitrogen and oxygen atoms in total. The fourth-order valence-electron chi connectivity index (χ4n) is 2.86. The number of halogens is 2. The Labute approximate surface area is 159 Å². The molecule has 1 amide bonds. The van der Waals surface area contributed by atoms with E-state index in [1.54, 1.807) is 37.5 Å². The average Bonchev–Trinajstić information content (AvgIpc) is 2.86. The molecule has 1 aliphatic heterocycles. The lowest BCUT2D eigenvalue weighted by Gasteiger charge is -2.24. The molecule has 1 aromatic carbocycles. The van der Waals surface area contributed by atoms with Crippen molar-refractivity contribution in [3.63, 3.8) is 0 Å². The topological polar surface area (TPSA) is 58.4 Å². The van der Waals surface area contributed by atoms with Gasteiger partial charge in [-0.1, -0.05) is 11.6 Å². The van der Waals surface area contributed by atoms with Gasteiger partial charge in [-0.15, -0.1) is 0 Å². The summed E-state index contributed by atoms with van der Waals surface area (Å²) in [5.74, 6) is -0.000294. The molecule has 2 aromatic rings. The van der Waals surface area contributed by atoms with Gasteiger partial charge in [-0.3, -0.25) is 9.59 Å². The molecule has 1 fully saturated rings. The summed E-state index contributed by atoms with van der Waals surface area (Å²) >= 11 is 9.26.